The number of nitrogens with zero attached hydrogens (tertiary/aromatic N) is 2. The van der Waals surface area contributed by atoms with Gasteiger partial charge >= 0.3 is 11.9 Å². The second-order valence-electron chi connectivity index (χ2n) is 8.96. The summed E-state index contributed by atoms with van der Waals surface area (Å²) in [5.74, 6) is 0.104. The third-order valence-electron chi connectivity index (χ3n) is 6.40. The zero-order chi connectivity index (χ0) is 27.6. The van der Waals surface area contributed by atoms with Gasteiger partial charge in [-0.3, -0.25) is 0 Å². The smallest absolute Gasteiger partial charge is 0.337 e. The topological polar surface area (TPSA) is 105 Å². The van der Waals surface area contributed by atoms with Crippen LogP contribution in [0.5, 0.6) is 0 Å². The Balaban J connectivity index is 1.15. The molecule has 0 unspecified atom stereocenters. The van der Waals surface area contributed by atoms with Gasteiger partial charge in [-0.2, -0.15) is 0 Å². The van der Waals surface area contributed by atoms with E-state index in [1.807, 2.05) is 60.7 Å². The van der Waals surface area contributed by atoms with Crippen molar-refractivity contribution in [2.45, 2.75) is 0 Å². The molecule has 0 amide bonds. The molecule has 8 heteroatoms. The summed E-state index contributed by atoms with van der Waals surface area (Å²) in [7, 11) is 2.68. The number of carbonyl (C=O) groups is 2. The molecular formula is C32H22N2O6. The summed E-state index contributed by atoms with van der Waals surface area (Å²) in [5.41, 5.74) is 6.88. The Bertz CT molecular complexity index is 1760. The fourth-order valence-corrected chi connectivity index (χ4v) is 4.25. The molecule has 196 valence electrons. The molecule has 0 aliphatic carbocycles. The van der Waals surface area contributed by atoms with Crippen LogP contribution in [-0.2, 0) is 9.47 Å². The van der Waals surface area contributed by atoms with Crippen LogP contribution in [0, 0.1) is 0 Å². The fraction of sp³-hybridized carbons (Fsp3) is 0.0625. The minimum atomic E-state index is -0.424. The number of rotatable bonds is 6. The maximum absolute atomic E-state index is 11.8. The van der Waals surface area contributed by atoms with Crippen LogP contribution in [0.1, 0.15) is 31.8 Å². The summed E-state index contributed by atoms with van der Waals surface area (Å²) in [6.07, 6.45) is 4.03. The van der Waals surface area contributed by atoms with E-state index in [0.29, 0.717) is 45.1 Å². The highest BCUT2D eigenvalue weighted by atomic mass is 16.5. The number of oxazole rings is 2. The van der Waals surface area contributed by atoms with Gasteiger partial charge in [0, 0.05) is 11.1 Å². The molecule has 6 aromatic rings. The lowest BCUT2D eigenvalue weighted by atomic mass is 10.1. The Morgan fingerprint density at radius 2 is 1.00 bits per heavy atom. The second kappa shape index (κ2) is 10.3. The molecule has 0 spiro atoms. The van der Waals surface area contributed by atoms with Crippen molar-refractivity contribution in [2.24, 2.45) is 0 Å². The van der Waals surface area contributed by atoms with Gasteiger partial charge in [-0.25, -0.2) is 19.6 Å². The number of carbonyl (C=O) groups excluding carboxylic acids is 2. The second-order valence-corrected chi connectivity index (χ2v) is 8.96. The van der Waals surface area contributed by atoms with Gasteiger partial charge in [-0.15, -0.1) is 0 Å². The number of aromatic nitrogens is 2. The monoisotopic (exact) mass is 530 g/mol. The Morgan fingerprint density at radius 3 is 1.38 bits per heavy atom. The predicted molar refractivity (Wildman–Crippen MR) is 150 cm³/mol. The highest BCUT2D eigenvalue weighted by Gasteiger charge is 2.13. The molecule has 8 nitrogen and oxygen atoms in total. The average molecular weight is 531 g/mol. The van der Waals surface area contributed by atoms with E-state index < -0.39 is 11.9 Å². The van der Waals surface area contributed by atoms with Crippen LogP contribution < -0.4 is 0 Å². The van der Waals surface area contributed by atoms with Crippen molar-refractivity contribution in [1.82, 2.24) is 9.97 Å². The van der Waals surface area contributed by atoms with E-state index in [2.05, 4.69) is 9.97 Å². The first-order chi connectivity index (χ1) is 19.5. The Hall–Kier alpha value is -5.50. The predicted octanol–water partition coefficient (Wildman–Crippen LogP) is 7.05. The molecule has 0 bridgehead atoms. The normalized spacial score (nSPS) is 11.3. The maximum atomic E-state index is 11.8. The van der Waals surface area contributed by atoms with Crippen molar-refractivity contribution in [3.05, 3.63) is 107 Å². The molecule has 0 fully saturated rings. The fourth-order valence-electron chi connectivity index (χ4n) is 4.25. The SMILES string of the molecule is COC(=O)c1ccc2nc(-c3ccc(C=Cc4ccc(-c5nc6ccc(C(=O)OC)cc6o5)cc4)cc3)oc2c1. The van der Waals surface area contributed by atoms with Gasteiger partial charge in [0.1, 0.15) is 11.0 Å². The first-order valence-electron chi connectivity index (χ1n) is 12.4. The van der Waals surface area contributed by atoms with Gasteiger partial charge in [-0.1, -0.05) is 36.4 Å². The number of ether oxygens (including phenoxy) is 2. The van der Waals surface area contributed by atoms with E-state index >= 15 is 0 Å². The minimum absolute atomic E-state index is 0.411. The van der Waals surface area contributed by atoms with E-state index in [0.717, 1.165) is 22.3 Å². The number of hydrogen-bond acceptors (Lipinski definition) is 8. The Kier molecular flexibility index (Phi) is 6.41. The van der Waals surface area contributed by atoms with Crippen LogP contribution in [0.25, 0.3) is 57.3 Å². The Morgan fingerprint density at radius 1 is 0.600 bits per heavy atom. The summed E-state index contributed by atoms with van der Waals surface area (Å²) in [5, 5.41) is 0. The molecule has 0 radical (unpaired) electrons. The average Bonchev–Trinajstić information content (AvgIpc) is 3.63. The van der Waals surface area contributed by atoms with Crippen LogP contribution >= 0.6 is 0 Å². The molecule has 2 aromatic heterocycles. The first kappa shape index (κ1) is 24.8. The van der Waals surface area contributed by atoms with Crippen molar-refractivity contribution >= 4 is 46.3 Å². The van der Waals surface area contributed by atoms with Gasteiger partial charge in [0.15, 0.2) is 11.2 Å². The van der Waals surface area contributed by atoms with Crippen molar-refractivity contribution in [2.75, 3.05) is 14.2 Å². The summed E-state index contributed by atoms with van der Waals surface area (Å²) >= 11 is 0. The number of esters is 2. The lowest BCUT2D eigenvalue weighted by Crippen LogP contribution is -2.00. The lowest BCUT2D eigenvalue weighted by Gasteiger charge is -1.99. The van der Waals surface area contributed by atoms with Gasteiger partial charge < -0.3 is 18.3 Å². The molecule has 6 rings (SSSR count). The molecule has 0 saturated carbocycles. The molecule has 2 heterocycles. The largest absolute Gasteiger partial charge is 0.465 e. The lowest BCUT2D eigenvalue weighted by molar-refractivity contribution is 0.0592. The minimum Gasteiger partial charge on any atom is -0.465 e. The van der Waals surface area contributed by atoms with Crippen molar-refractivity contribution in [1.29, 1.82) is 0 Å². The van der Waals surface area contributed by atoms with E-state index in [9.17, 15) is 9.59 Å². The van der Waals surface area contributed by atoms with Gasteiger partial charge in [0.2, 0.25) is 11.8 Å². The molecular weight excluding hydrogens is 508 g/mol. The quantitative estimate of drug-likeness (QED) is 0.167. The van der Waals surface area contributed by atoms with Crippen molar-refractivity contribution in [3.8, 4) is 22.9 Å². The van der Waals surface area contributed by atoms with E-state index in [-0.39, 0.29) is 0 Å². The zero-order valence-electron chi connectivity index (χ0n) is 21.6. The number of hydrogen-bond donors (Lipinski definition) is 0. The number of methoxy groups -OCH3 is 2. The van der Waals surface area contributed by atoms with Crippen molar-refractivity contribution in [3.63, 3.8) is 0 Å². The molecule has 4 aromatic carbocycles. The maximum Gasteiger partial charge on any atom is 0.337 e. The molecule has 0 saturated heterocycles. The third-order valence-corrected chi connectivity index (χ3v) is 6.40. The molecule has 0 aliphatic rings. The summed E-state index contributed by atoms with van der Waals surface area (Å²) in [4.78, 5) is 32.6. The third kappa shape index (κ3) is 4.86. The molecule has 0 atom stereocenters. The zero-order valence-corrected chi connectivity index (χ0v) is 21.6. The van der Waals surface area contributed by atoms with E-state index in [1.54, 1.807) is 36.4 Å². The van der Waals surface area contributed by atoms with Gasteiger partial charge in [0.25, 0.3) is 0 Å². The highest BCUT2D eigenvalue weighted by molar-refractivity contribution is 5.94. The van der Waals surface area contributed by atoms with Crippen LogP contribution in [0.15, 0.2) is 93.8 Å². The Labute approximate surface area is 228 Å². The molecule has 0 aliphatic heterocycles. The van der Waals surface area contributed by atoms with E-state index in [4.69, 9.17) is 18.3 Å². The van der Waals surface area contributed by atoms with Crippen LogP contribution in [0.3, 0.4) is 0 Å². The van der Waals surface area contributed by atoms with Crippen LogP contribution in [-0.4, -0.2) is 36.1 Å². The number of fused-ring (bicyclic) bond motifs is 2. The van der Waals surface area contributed by atoms with Crippen LogP contribution in [0.2, 0.25) is 0 Å². The molecule has 0 N–H and O–H groups in total. The highest BCUT2D eigenvalue weighted by Crippen LogP contribution is 2.27. The summed E-state index contributed by atoms with van der Waals surface area (Å²) in [6, 6.07) is 25.7. The summed E-state index contributed by atoms with van der Waals surface area (Å²) < 4.78 is 21.3. The standard InChI is InChI=1S/C32H22N2O6/c1-37-31(35)23-13-15-25-27(17-23)39-29(33-25)21-9-5-19(6-10-21)3-4-20-7-11-22(12-8-20)30-34-26-16-14-24(32(36)38-2)18-28(26)40-30/h3-18H,1-2H3. The van der Waals surface area contributed by atoms with Crippen molar-refractivity contribution < 1.29 is 27.9 Å². The summed E-state index contributed by atoms with van der Waals surface area (Å²) in [6.45, 7) is 0. The van der Waals surface area contributed by atoms with E-state index in [1.165, 1.54) is 14.2 Å². The van der Waals surface area contributed by atoms with Gasteiger partial charge in [0.05, 0.1) is 25.3 Å². The van der Waals surface area contributed by atoms with Gasteiger partial charge in [-0.05, 0) is 71.8 Å². The van der Waals surface area contributed by atoms with Crippen LogP contribution in [0.4, 0.5) is 0 Å². The first-order valence-corrected chi connectivity index (χ1v) is 12.4. The number of benzene rings is 4. The molecule has 40 heavy (non-hydrogen) atoms.